The molecule has 4 N–H and O–H groups in total. The molecule has 9 atom stereocenters. The van der Waals surface area contributed by atoms with Crippen molar-refractivity contribution in [2.75, 3.05) is 0 Å². The van der Waals surface area contributed by atoms with Crippen LogP contribution in [0.2, 0.25) is 0 Å². The zero-order valence-electron chi connectivity index (χ0n) is 28.0. The van der Waals surface area contributed by atoms with E-state index < -0.39 is 63.8 Å². The van der Waals surface area contributed by atoms with Crippen LogP contribution < -0.4 is 11.5 Å². The summed E-state index contributed by atoms with van der Waals surface area (Å²) in [6.07, 6.45) is 3.85. The molecule has 2 heterocycles. The monoisotopic (exact) mass is 657 g/mol. The van der Waals surface area contributed by atoms with Gasteiger partial charge in [0.1, 0.15) is 6.04 Å². The lowest BCUT2D eigenvalue weighted by Gasteiger charge is -2.62. The van der Waals surface area contributed by atoms with Crippen molar-refractivity contribution in [2.45, 2.75) is 120 Å². The Bertz CT molecular complexity index is 1780. The van der Waals surface area contributed by atoms with Crippen molar-refractivity contribution >= 4 is 22.5 Å². The van der Waals surface area contributed by atoms with Crippen LogP contribution in [0.4, 0.5) is 4.39 Å². The highest BCUT2D eigenvalue weighted by Gasteiger charge is 2.75. The van der Waals surface area contributed by atoms with Gasteiger partial charge in [0.05, 0.1) is 35.3 Å². The van der Waals surface area contributed by atoms with E-state index in [0.717, 1.165) is 10.9 Å². The first-order valence-electron chi connectivity index (χ1n) is 16.8. The third kappa shape index (κ3) is 4.53. The van der Waals surface area contributed by atoms with E-state index in [4.69, 9.17) is 25.9 Å². The molecule has 0 spiro atoms. The van der Waals surface area contributed by atoms with Crippen molar-refractivity contribution in [3.05, 3.63) is 70.8 Å². The summed E-state index contributed by atoms with van der Waals surface area (Å²) in [5.41, 5.74) is 6.79. The molecule has 3 fully saturated rings. The van der Waals surface area contributed by atoms with Crippen LogP contribution in [-0.4, -0.2) is 51.0 Å². The first kappa shape index (κ1) is 34.2. The summed E-state index contributed by atoms with van der Waals surface area (Å²) in [6, 6.07) is 11.9. The fourth-order valence-electron chi connectivity index (χ4n) is 9.71. The number of alkyl halides is 1. The van der Waals surface area contributed by atoms with E-state index in [9.17, 15) is 19.8 Å². The Morgan fingerprint density at radius 3 is 2.65 bits per heavy atom. The van der Waals surface area contributed by atoms with Crippen LogP contribution in [0, 0.1) is 27.1 Å². The second-order valence-electron chi connectivity index (χ2n) is 14.7. The minimum absolute atomic E-state index is 0.123. The van der Waals surface area contributed by atoms with Gasteiger partial charge in [-0.1, -0.05) is 54.9 Å². The fraction of sp³-hybridized carbons (Fsp3) is 0.568. The second-order valence-corrected chi connectivity index (χ2v) is 14.7. The Balaban J connectivity index is 1.47. The largest absolute Gasteiger partial charge is 0.340 e. The van der Waals surface area contributed by atoms with Gasteiger partial charge in [0.15, 0.2) is 22.8 Å². The highest BCUT2D eigenvalue weighted by atomic mass is 19.1. The number of nitrogens with two attached hydrogens (primary N) is 2. The summed E-state index contributed by atoms with van der Waals surface area (Å²) in [5.74, 6) is -0.718. The molecule has 0 bridgehead atoms. The quantitative estimate of drug-likeness (QED) is 0.324. The maximum absolute atomic E-state index is 18.4. The average Bonchev–Trinajstić information content (AvgIpc) is 3.46. The maximum Gasteiger partial charge on any atom is 0.202 e. The van der Waals surface area contributed by atoms with E-state index in [1.54, 1.807) is 13.0 Å². The molecule has 4 aliphatic rings. The molecular weight excluding hydrogens is 613 g/mol. The molecule has 1 aromatic carbocycles. The van der Waals surface area contributed by atoms with Gasteiger partial charge in [-0.25, -0.2) is 9.37 Å². The number of hydrogen-bond donors (Lipinski definition) is 2. The number of carbonyl (C=O) groups is 2. The van der Waals surface area contributed by atoms with Crippen LogP contribution in [0.1, 0.15) is 91.0 Å². The van der Waals surface area contributed by atoms with Crippen LogP contribution in [0.25, 0.3) is 10.9 Å². The van der Waals surface area contributed by atoms with Crippen LogP contribution in [0.15, 0.2) is 65.4 Å². The molecule has 48 heavy (non-hydrogen) atoms. The predicted octanol–water partition coefficient (Wildman–Crippen LogP) is 5.98. The Morgan fingerprint density at radius 2 is 1.94 bits per heavy atom. The van der Waals surface area contributed by atoms with E-state index in [1.807, 2.05) is 50.2 Å². The maximum atomic E-state index is 18.4. The number of nitroso groups, excluding NO2 is 1. The molecule has 0 radical (unpaired) electrons. The first-order valence-corrected chi connectivity index (χ1v) is 16.8. The van der Waals surface area contributed by atoms with Gasteiger partial charge in [0, 0.05) is 21.8 Å². The number of ketones is 2. The Kier molecular flexibility index (Phi) is 8.35. The molecule has 3 aliphatic carbocycles. The lowest BCUT2D eigenvalue weighted by atomic mass is 9.46. The lowest BCUT2D eigenvalue weighted by molar-refractivity contribution is -0.193. The van der Waals surface area contributed by atoms with Gasteiger partial charge in [0.2, 0.25) is 6.29 Å². The summed E-state index contributed by atoms with van der Waals surface area (Å²) in [5, 5.41) is 13.9. The molecule has 6 rings (SSSR count). The summed E-state index contributed by atoms with van der Waals surface area (Å²) >= 11 is 0. The first-order chi connectivity index (χ1) is 22.7. The summed E-state index contributed by atoms with van der Waals surface area (Å²) in [4.78, 5) is 43.8. The van der Waals surface area contributed by atoms with Gasteiger partial charge in [0.25, 0.3) is 0 Å². The molecule has 1 aliphatic heterocycles. The molecule has 2 saturated carbocycles. The topological polar surface area (TPSA) is 171 Å². The van der Waals surface area contributed by atoms with E-state index >= 15 is 4.39 Å². The highest BCUT2D eigenvalue weighted by Crippen LogP contribution is 2.64. The molecule has 4 unspecified atom stereocenters. The Labute approximate surface area is 280 Å². The van der Waals surface area contributed by atoms with Gasteiger partial charge in [-0.05, 0) is 83.1 Å². The fourth-order valence-corrected chi connectivity index (χ4v) is 9.71. The summed E-state index contributed by atoms with van der Waals surface area (Å²) in [7, 11) is 0. The minimum Gasteiger partial charge on any atom is -0.340 e. The second kappa shape index (κ2) is 11.7. The third-order valence-electron chi connectivity index (χ3n) is 12.5. The minimum atomic E-state index is -2.45. The van der Waals surface area contributed by atoms with Gasteiger partial charge >= 0.3 is 0 Å². The molecule has 11 heteroatoms. The van der Waals surface area contributed by atoms with Crippen molar-refractivity contribution in [1.82, 2.24) is 4.98 Å². The number of allylic oxidation sites excluding steroid dienone is 4. The van der Waals surface area contributed by atoms with Crippen molar-refractivity contribution in [3.8, 4) is 6.07 Å². The number of benzene rings is 1. The number of nitrogens with zero attached hydrogens (tertiary/aromatic N) is 3. The summed E-state index contributed by atoms with van der Waals surface area (Å²) < 4.78 is 31.7. The van der Waals surface area contributed by atoms with E-state index in [-0.39, 0.29) is 25.0 Å². The van der Waals surface area contributed by atoms with Gasteiger partial charge in [-0.15, -0.1) is 0 Å². The van der Waals surface area contributed by atoms with Gasteiger partial charge in [-0.2, -0.15) is 10.2 Å². The number of nitriles is 1. The van der Waals surface area contributed by atoms with Crippen LogP contribution in [-0.2, 0) is 19.1 Å². The third-order valence-corrected chi connectivity index (χ3v) is 12.5. The van der Waals surface area contributed by atoms with Gasteiger partial charge in [-0.3, -0.25) is 9.59 Å². The number of pyridine rings is 1. The zero-order chi connectivity index (χ0) is 34.8. The van der Waals surface area contributed by atoms with Crippen LogP contribution in [0.5, 0.6) is 0 Å². The standard InChI is InChI=1S/C37H44FN5O5/c1-5-33(4)34(40,22-35(41)17-8-10-25-21-26(44)14-18-32(25,3)37(35,38)23(2)43-46)19-15-30-36(33,29(45)16-20-39)48-31(47-30)28-13-12-24-9-6-7-11-27(24)42-28/h6-7,9,11-14,18,21,23,30-31H,5,8,10,15-17,19,22,40-41H2,1-4H3/t23?,30-,31?,32?,33?,34-,35-,36-,37+/m1/s1. The number of aromatic nitrogens is 1. The number of Topliss-reactive ketones (excluding diaryl/α,β-unsaturated/α-hetero) is 1. The summed E-state index contributed by atoms with van der Waals surface area (Å²) in [6.45, 7) is 6.83. The van der Waals surface area contributed by atoms with Crippen molar-refractivity contribution in [1.29, 1.82) is 5.26 Å². The highest BCUT2D eigenvalue weighted by molar-refractivity contribution is 6.01. The number of halogens is 1. The molecule has 10 nitrogen and oxygen atoms in total. The smallest absolute Gasteiger partial charge is 0.202 e. The van der Waals surface area contributed by atoms with Crippen molar-refractivity contribution in [3.63, 3.8) is 0 Å². The van der Waals surface area contributed by atoms with E-state index in [1.165, 1.54) is 25.2 Å². The number of ether oxygens (including phenoxy) is 2. The molecule has 0 amide bonds. The number of rotatable bonds is 8. The SMILES string of the molecule is CCC1(C)[C@](N)(C[C@]2(N)CCCC3=CC(=O)C=CC3(C)[C@@]2(F)C(C)N=O)CC[C@H]2OC(c3ccc4ccccc4n3)O[C@]21C(=O)CC#N. The number of hydrogen-bond acceptors (Lipinski definition) is 10. The van der Waals surface area contributed by atoms with Crippen molar-refractivity contribution < 1.29 is 23.5 Å². The number of fused-ring (bicyclic) bond motifs is 3. The predicted molar refractivity (Wildman–Crippen MR) is 178 cm³/mol. The number of carbonyl (C=O) groups excluding carboxylic acids is 2. The van der Waals surface area contributed by atoms with Crippen molar-refractivity contribution in [2.24, 2.45) is 27.5 Å². The molecule has 1 saturated heterocycles. The molecule has 1 aromatic heterocycles. The van der Waals surface area contributed by atoms with E-state index in [2.05, 4.69) is 5.18 Å². The average molecular weight is 658 g/mol. The zero-order valence-corrected chi connectivity index (χ0v) is 28.0. The Hall–Kier alpha value is -3.69. The van der Waals surface area contributed by atoms with E-state index in [0.29, 0.717) is 37.0 Å². The van der Waals surface area contributed by atoms with Crippen LogP contribution >= 0.6 is 0 Å². The molecule has 254 valence electrons. The molecular formula is C37H44FN5O5. The normalized spacial score (nSPS) is 39.9. The van der Waals surface area contributed by atoms with Gasteiger partial charge < -0.3 is 20.9 Å². The number of para-hydroxylation sites is 1. The molecule has 2 aromatic rings. The Morgan fingerprint density at radius 1 is 1.19 bits per heavy atom. The lowest BCUT2D eigenvalue weighted by Crippen LogP contribution is -2.78. The van der Waals surface area contributed by atoms with Crippen LogP contribution in [0.3, 0.4) is 0 Å².